The van der Waals surface area contributed by atoms with Crippen LogP contribution in [0.3, 0.4) is 0 Å². The van der Waals surface area contributed by atoms with Gasteiger partial charge in [0.2, 0.25) is 0 Å². The minimum Gasteiger partial charge on any atom is -0.493 e. The van der Waals surface area contributed by atoms with Gasteiger partial charge in [-0.2, -0.15) is 0 Å². The van der Waals surface area contributed by atoms with Crippen LogP contribution in [0.1, 0.15) is 16.7 Å². The normalized spacial score (nSPS) is 10.6. The molecule has 0 aromatic heterocycles. The van der Waals surface area contributed by atoms with Gasteiger partial charge in [-0.05, 0) is 61.3 Å². The number of anilines is 1. The molecule has 0 aliphatic heterocycles. The number of rotatable bonds is 10. The van der Waals surface area contributed by atoms with Crippen LogP contribution in [0.25, 0.3) is 0 Å². The first-order valence-electron chi connectivity index (χ1n) is 10.3. The van der Waals surface area contributed by atoms with E-state index in [0.29, 0.717) is 35.3 Å². The zero-order chi connectivity index (χ0) is 22.9. The third-order valence-electron chi connectivity index (χ3n) is 4.85. The van der Waals surface area contributed by atoms with Gasteiger partial charge in [0.15, 0.2) is 18.1 Å². The van der Waals surface area contributed by atoms with Gasteiger partial charge in [-0.15, -0.1) is 0 Å². The predicted molar refractivity (Wildman–Crippen MR) is 125 cm³/mol. The number of methoxy groups -OCH3 is 1. The lowest BCUT2D eigenvalue weighted by molar-refractivity contribution is -0.118. The Morgan fingerprint density at radius 1 is 1.03 bits per heavy atom. The maximum Gasteiger partial charge on any atom is 0.262 e. The molecule has 32 heavy (non-hydrogen) atoms. The minimum atomic E-state index is -0.279. The first-order valence-corrected chi connectivity index (χ1v) is 10.6. The van der Waals surface area contributed by atoms with Crippen molar-refractivity contribution in [2.45, 2.75) is 19.9 Å². The summed E-state index contributed by atoms with van der Waals surface area (Å²) in [6, 6.07) is 17.4. The Kier molecular flexibility index (Phi) is 8.48. The highest BCUT2D eigenvalue weighted by atomic mass is 35.5. The molecule has 3 aromatic rings. The Labute approximate surface area is 192 Å². The van der Waals surface area contributed by atoms with Crippen molar-refractivity contribution in [3.63, 3.8) is 0 Å². The largest absolute Gasteiger partial charge is 0.493 e. The summed E-state index contributed by atoms with van der Waals surface area (Å²) in [5.41, 5.74) is 3.72. The zero-order valence-corrected chi connectivity index (χ0v) is 18.8. The van der Waals surface area contributed by atoms with Crippen LogP contribution < -0.4 is 20.1 Å². The molecule has 0 radical (unpaired) electrons. The monoisotopic (exact) mass is 456 g/mol. The number of carbonyl (C=O) groups is 1. The van der Waals surface area contributed by atoms with Gasteiger partial charge in [0.25, 0.3) is 5.91 Å². The number of nitrogens with one attached hydrogen (secondary N) is 2. The van der Waals surface area contributed by atoms with Crippen LogP contribution in [0, 0.1) is 12.7 Å². The second-order valence-corrected chi connectivity index (χ2v) is 7.76. The van der Waals surface area contributed by atoms with E-state index in [1.807, 2.05) is 31.2 Å². The summed E-state index contributed by atoms with van der Waals surface area (Å²) in [5.74, 6) is 0.369. The second kappa shape index (κ2) is 11.5. The molecule has 0 bridgehead atoms. The van der Waals surface area contributed by atoms with Crippen molar-refractivity contribution in [1.29, 1.82) is 0 Å². The van der Waals surface area contributed by atoms with E-state index >= 15 is 0 Å². The summed E-state index contributed by atoms with van der Waals surface area (Å²) >= 11 is 6.41. The molecule has 0 aliphatic rings. The smallest absolute Gasteiger partial charge is 0.262 e. The standard InChI is InChI=1S/C25H26ClFN2O3/c1-17-3-9-21(10-4-17)29-25(30)16-32-24-14-22(26)19(13-23(24)31-2)15-28-12-11-18-5-7-20(27)8-6-18/h3-10,13-14,28H,11-12,15-16H2,1-2H3,(H,29,30). The molecular weight excluding hydrogens is 431 g/mol. The predicted octanol–water partition coefficient (Wildman–Crippen LogP) is 5.15. The first-order chi connectivity index (χ1) is 15.4. The van der Waals surface area contributed by atoms with E-state index < -0.39 is 0 Å². The molecule has 2 N–H and O–H groups in total. The topological polar surface area (TPSA) is 59.6 Å². The average Bonchev–Trinajstić information content (AvgIpc) is 2.79. The Bertz CT molecular complexity index is 1040. The van der Waals surface area contributed by atoms with Crippen molar-refractivity contribution in [2.75, 3.05) is 25.6 Å². The van der Waals surface area contributed by atoms with Crippen LogP contribution in [0.4, 0.5) is 10.1 Å². The summed E-state index contributed by atoms with van der Waals surface area (Å²) in [6.45, 7) is 3.05. The third-order valence-corrected chi connectivity index (χ3v) is 5.20. The number of aryl methyl sites for hydroxylation is 1. The van der Waals surface area contributed by atoms with Crippen LogP contribution in [0.2, 0.25) is 5.02 Å². The molecule has 0 heterocycles. The van der Waals surface area contributed by atoms with Crippen LogP contribution in [0.15, 0.2) is 60.7 Å². The summed E-state index contributed by atoms with van der Waals surface area (Å²) in [4.78, 5) is 12.2. The minimum absolute atomic E-state index is 0.171. The van der Waals surface area contributed by atoms with Gasteiger partial charge in [-0.3, -0.25) is 4.79 Å². The summed E-state index contributed by atoms with van der Waals surface area (Å²) in [7, 11) is 1.54. The maximum absolute atomic E-state index is 13.0. The number of ether oxygens (including phenoxy) is 2. The van der Waals surface area contributed by atoms with E-state index in [4.69, 9.17) is 21.1 Å². The molecule has 0 saturated heterocycles. The van der Waals surface area contributed by atoms with Crippen molar-refractivity contribution < 1.29 is 18.7 Å². The van der Waals surface area contributed by atoms with E-state index in [2.05, 4.69) is 10.6 Å². The second-order valence-electron chi connectivity index (χ2n) is 7.35. The van der Waals surface area contributed by atoms with Crippen LogP contribution in [-0.2, 0) is 17.8 Å². The Morgan fingerprint density at radius 2 is 1.75 bits per heavy atom. The highest BCUT2D eigenvalue weighted by Gasteiger charge is 2.12. The van der Waals surface area contributed by atoms with Crippen LogP contribution >= 0.6 is 11.6 Å². The molecule has 0 fully saturated rings. The Morgan fingerprint density at radius 3 is 2.44 bits per heavy atom. The Hall–Kier alpha value is -3.09. The lowest BCUT2D eigenvalue weighted by Gasteiger charge is -2.14. The van der Waals surface area contributed by atoms with Crippen LogP contribution in [-0.4, -0.2) is 26.2 Å². The van der Waals surface area contributed by atoms with Crippen molar-refractivity contribution >= 4 is 23.2 Å². The zero-order valence-electron chi connectivity index (χ0n) is 18.1. The molecule has 0 spiro atoms. The van der Waals surface area contributed by atoms with E-state index in [0.717, 1.165) is 23.1 Å². The van der Waals surface area contributed by atoms with Crippen molar-refractivity contribution in [3.8, 4) is 11.5 Å². The lowest BCUT2D eigenvalue weighted by Crippen LogP contribution is -2.20. The molecule has 0 saturated carbocycles. The van der Waals surface area contributed by atoms with E-state index in [-0.39, 0.29) is 18.3 Å². The first kappa shape index (κ1) is 23.6. The van der Waals surface area contributed by atoms with E-state index in [1.165, 1.54) is 19.2 Å². The van der Waals surface area contributed by atoms with Gasteiger partial charge in [0.1, 0.15) is 5.82 Å². The summed E-state index contributed by atoms with van der Waals surface area (Å²) in [6.07, 6.45) is 0.770. The third kappa shape index (κ3) is 6.97. The van der Waals surface area contributed by atoms with Gasteiger partial charge >= 0.3 is 0 Å². The molecule has 7 heteroatoms. The number of halogens is 2. The van der Waals surface area contributed by atoms with Crippen molar-refractivity contribution in [3.05, 3.63) is 88.2 Å². The molecule has 0 atom stereocenters. The molecule has 0 unspecified atom stereocenters. The molecule has 0 aliphatic carbocycles. The van der Waals surface area contributed by atoms with Crippen LogP contribution in [0.5, 0.6) is 11.5 Å². The van der Waals surface area contributed by atoms with E-state index in [1.54, 1.807) is 24.3 Å². The fourth-order valence-corrected chi connectivity index (χ4v) is 3.29. The fourth-order valence-electron chi connectivity index (χ4n) is 3.07. The highest BCUT2D eigenvalue weighted by Crippen LogP contribution is 2.33. The van der Waals surface area contributed by atoms with Gasteiger partial charge in [0, 0.05) is 23.3 Å². The number of benzene rings is 3. The number of hydrogen-bond donors (Lipinski definition) is 2. The van der Waals surface area contributed by atoms with Gasteiger partial charge in [0.05, 0.1) is 7.11 Å². The maximum atomic E-state index is 13.0. The van der Waals surface area contributed by atoms with Gasteiger partial charge in [-0.1, -0.05) is 41.4 Å². The molecule has 3 aromatic carbocycles. The van der Waals surface area contributed by atoms with Crippen molar-refractivity contribution in [2.24, 2.45) is 0 Å². The average molecular weight is 457 g/mol. The molecular formula is C25H26ClFN2O3. The summed E-state index contributed by atoms with van der Waals surface area (Å²) in [5, 5.41) is 6.61. The number of hydrogen-bond acceptors (Lipinski definition) is 4. The quantitative estimate of drug-likeness (QED) is 0.414. The van der Waals surface area contributed by atoms with E-state index in [9.17, 15) is 9.18 Å². The highest BCUT2D eigenvalue weighted by molar-refractivity contribution is 6.31. The van der Waals surface area contributed by atoms with Crippen molar-refractivity contribution in [1.82, 2.24) is 5.32 Å². The molecule has 168 valence electrons. The SMILES string of the molecule is COc1cc(CNCCc2ccc(F)cc2)c(Cl)cc1OCC(=O)Nc1ccc(C)cc1. The van der Waals surface area contributed by atoms with Gasteiger partial charge < -0.3 is 20.1 Å². The lowest BCUT2D eigenvalue weighted by atomic mass is 10.1. The number of amides is 1. The molecule has 3 rings (SSSR count). The molecule has 5 nitrogen and oxygen atoms in total. The number of carbonyl (C=O) groups excluding carboxylic acids is 1. The fraction of sp³-hybridized carbons (Fsp3) is 0.240. The van der Waals surface area contributed by atoms with Gasteiger partial charge in [-0.25, -0.2) is 4.39 Å². The Balaban J connectivity index is 1.52. The summed E-state index contributed by atoms with van der Waals surface area (Å²) < 4.78 is 24.0. The molecule has 1 amide bonds.